The van der Waals surface area contributed by atoms with Crippen LogP contribution >= 0.6 is 11.8 Å². The Labute approximate surface area is 187 Å². The quantitative estimate of drug-likeness (QED) is 0.380. The lowest BCUT2D eigenvalue weighted by atomic mass is 10.1. The number of carbonyl (C=O) groups excluding carboxylic acids is 1. The highest BCUT2D eigenvalue weighted by atomic mass is 32.2. The van der Waals surface area contributed by atoms with E-state index in [1.807, 2.05) is 6.07 Å². The van der Waals surface area contributed by atoms with E-state index in [1.54, 1.807) is 42.7 Å². The van der Waals surface area contributed by atoms with Gasteiger partial charge in [0.15, 0.2) is 5.82 Å². The molecule has 4 aromatic rings. The lowest BCUT2D eigenvalue weighted by Crippen LogP contribution is -2.24. The van der Waals surface area contributed by atoms with Crippen molar-refractivity contribution < 1.29 is 13.6 Å². The number of hydrogen-bond acceptors (Lipinski definition) is 5. The zero-order valence-corrected chi connectivity index (χ0v) is 17.7. The van der Waals surface area contributed by atoms with Gasteiger partial charge < -0.3 is 5.32 Å². The van der Waals surface area contributed by atoms with E-state index in [0.29, 0.717) is 23.1 Å². The molecule has 0 aliphatic carbocycles. The molecule has 1 unspecified atom stereocenters. The van der Waals surface area contributed by atoms with Crippen molar-refractivity contribution in [1.29, 1.82) is 0 Å². The molecule has 2 N–H and O–H groups in total. The molecule has 1 atom stereocenters. The minimum atomic E-state index is -0.352. The monoisotopic (exact) mass is 451 g/mol. The zero-order chi connectivity index (χ0) is 22.3. The van der Waals surface area contributed by atoms with E-state index in [4.69, 9.17) is 0 Å². The maximum Gasteiger partial charge on any atom is 0.221 e. The third-order valence-electron chi connectivity index (χ3n) is 4.66. The van der Waals surface area contributed by atoms with E-state index in [9.17, 15) is 13.6 Å². The van der Waals surface area contributed by atoms with Crippen LogP contribution < -0.4 is 5.32 Å². The highest BCUT2D eigenvalue weighted by Gasteiger charge is 2.20. The molecule has 0 bridgehead atoms. The molecule has 1 amide bonds. The molecule has 0 fully saturated rings. The Morgan fingerprint density at radius 1 is 1.03 bits per heavy atom. The van der Waals surface area contributed by atoms with Crippen LogP contribution in [0.15, 0.2) is 78.2 Å². The summed E-state index contributed by atoms with van der Waals surface area (Å²) in [4.78, 5) is 21.1. The van der Waals surface area contributed by atoms with Crippen LogP contribution in [0.5, 0.6) is 0 Å². The SMILES string of the molecule is O=C(CC(Sc1n[nH]c(-c2ccc(F)cc2)n1)c1ccc(F)cc1)NCc1cccnc1. The van der Waals surface area contributed by atoms with Crippen molar-refractivity contribution >= 4 is 17.7 Å². The van der Waals surface area contributed by atoms with Gasteiger partial charge in [0.1, 0.15) is 11.6 Å². The van der Waals surface area contributed by atoms with Gasteiger partial charge >= 0.3 is 0 Å². The minimum Gasteiger partial charge on any atom is -0.352 e. The fourth-order valence-corrected chi connectivity index (χ4v) is 4.04. The summed E-state index contributed by atoms with van der Waals surface area (Å²) in [5.74, 6) is -0.358. The van der Waals surface area contributed by atoms with Gasteiger partial charge in [-0.3, -0.25) is 14.9 Å². The topological polar surface area (TPSA) is 83.6 Å². The Hall–Kier alpha value is -3.59. The van der Waals surface area contributed by atoms with Gasteiger partial charge in [0.25, 0.3) is 0 Å². The van der Waals surface area contributed by atoms with Crippen molar-refractivity contribution in [2.45, 2.75) is 23.4 Å². The predicted octanol–water partition coefficient (Wildman–Crippen LogP) is 4.68. The predicted molar refractivity (Wildman–Crippen MR) is 117 cm³/mol. The standard InChI is InChI=1S/C23H19F2N5OS/c24-18-7-3-16(4-8-18)20(12-21(31)27-14-15-2-1-11-26-13-15)32-23-28-22(29-30-23)17-5-9-19(25)10-6-17/h1-11,13,20H,12,14H2,(H,27,31)(H,28,29,30). The van der Waals surface area contributed by atoms with E-state index in [1.165, 1.54) is 36.0 Å². The number of benzene rings is 2. The normalized spacial score (nSPS) is 11.8. The summed E-state index contributed by atoms with van der Waals surface area (Å²) in [7, 11) is 0. The molecule has 0 saturated carbocycles. The number of H-pyrrole nitrogens is 1. The molecule has 2 aromatic carbocycles. The Balaban J connectivity index is 1.48. The Morgan fingerprint density at radius 3 is 2.44 bits per heavy atom. The highest BCUT2D eigenvalue weighted by Crippen LogP contribution is 2.36. The van der Waals surface area contributed by atoms with E-state index >= 15 is 0 Å². The number of halogens is 2. The number of aromatic nitrogens is 4. The average molecular weight is 452 g/mol. The number of thioether (sulfide) groups is 1. The molecule has 6 nitrogen and oxygen atoms in total. The molecule has 0 spiro atoms. The van der Waals surface area contributed by atoms with Crippen molar-refractivity contribution in [1.82, 2.24) is 25.5 Å². The third-order valence-corrected chi connectivity index (χ3v) is 5.77. The van der Waals surface area contributed by atoms with E-state index in [2.05, 4.69) is 25.5 Å². The molecule has 9 heteroatoms. The Morgan fingerprint density at radius 2 is 1.75 bits per heavy atom. The second-order valence-corrected chi connectivity index (χ2v) is 8.14. The molecule has 0 aliphatic heterocycles. The van der Waals surface area contributed by atoms with Crippen molar-refractivity contribution in [2.75, 3.05) is 0 Å². The Bertz CT molecular complexity index is 1170. The second-order valence-electron chi connectivity index (χ2n) is 6.97. The number of nitrogens with one attached hydrogen (secondary N) is 2. The summed E-state index contributed by atoms with van der Waals surface area (Å²) < 4.78 is 26.6. The van der Waals surface area contributed by atoms with Gasteiger partial charge in [-0.15, -0.1) is 5.10 Å². The summed E-state index contributed by atoms with van der Waals surface area (Å²) in [5.41, 5.74) is 2.36. The van der Waals surface area contributed by atoms with Crippen molar-refractivity contribution in [2.24, 2.45) is 0 Å². The van der Waals surface area contributed by atoms with Crippen LogP contribution in [0.25, 0.3) is 11.4 Å². The molecule has 4 rings (SSSR count). The van der Waals surface area contributed by atoms with Crippen LogP contribution in [0, 0.1) is 11.6 Å². The van der Waals surface area contributed by atoms with Crippen LogP contribution in [0.3, 0.4) is 0 Å². The summed E-state index contributed by atoms with van der Waals surface area (Å²) in [5, 5.41) is 10.0. The first-order chi connectivity index (χ1) is 15.6. The maximum absolute atomic E-state index is 13.4. The number of pyridine rings is 1. The lowest BCUT2D eigenvalue weighted by molar-refractivity contribution is -0.121. The molecular weight excluding hydrogens is 432 g/mol. The number of rotatable bonds is 8. The number of hydrogen-bond donors (Lipinski definition) is 2. The third kappa shape index (κ3) is 5.76. The number of aromatic amines is 1. The molecule has 32 heavy (non-hydrogen) atoms. The van der Waals surface area contributed by atoms with Gasteiger partial charge in [0.05, 0.1) is 0 Å². The first-order valence-corrected chi connectivity index (χ1v) is 10.7. The first kappa shape index (κ1) is 21.6. The first-order valence-electron chi connectivity index (χ1n) is 9.83. The largest absolute Gasteiger partial charge is 0.352 e. The van der Waals surface area contributed by atoms with Gasteiger partial charge in [-0.05, 0) is 53.6 Å². The van der Waals surface area contributed by atoms with Gasteiger partial charge in [-0.2, -0.15) is 0 Å². The van der Waals surface area contributed by atoms with Crippen LogP contribution in [0.4, 0.5) is 8.78 Å². The number of nitrogens with zero attached hydrogens (tertiary/aromatic N) is 3. The van der Waals surface area contributed by atoms with Crippen molar-refractivity contribution in [3.63, 3.8) is 0 Å². The summed E-state index contributed by atoms with van der Waals surface area (Å²) in [6.07, 6.45) is 3.51. The van der Waals surface area contributed by atoms with Crippen molar-refractivity contribution in [3.05, 3.63) is 95.8 Å². The second kappa shape index (κ2) is 10.1. The number of amides is 1. The molecule has 162 valence electrons. The van der Waals surface area contributed by atoms with Crippen molar-refractivity contribution in [3.8, 4) is 11.4 Å². The smallest absolute Gasteiger partial charge is 0.221 e. The molecular formula is C23H19F2N5OS. The Kier molecular flexibility index (Phi) is 6.86. The van der Waals surface area contributed by atoms with Crippen LogP contribution in [-0.4, -0.2) is 26.1 Å². The average Bonchev–Trinajstić information content (AvgIpc) is 3.27. The van der Waals surface area contributed by atoms with Gasteiger partial charge in [0.2, 0.25) is 11.1 Å². The molecule has 2 heterocycles. The maximum atomic E-state index is 13.4. The molecule has 2 aromatic heterocycles. The van der Waals surface area contributed by atoms with E-state index in [-0.39, 0.29) is 29.2 Å². The van der Waals surface area contributed by atoms with Crippen LogP contribution in [0.1, 0.15) is 22.8 Å². The van der Waals surface area contributed by atoms with Crippen LogP contribution in [-0.2, 0) is 11.3 Å². The van der Waals surface area contributed by atoms with Gasteiger partial charge in [-0.25, -0.2) is 13.8 Å². The fraction of sp³-hybridized carbons (Fsp3) is 0.130. The van der Waals surface area contributed by atoms with Gasteiger partial charge in [-0.1, -0.05) is 30.0 Å². The van der Waals surface area contributed by atoms with Crippen LogP contribution in [0.2, 0.25) is 0 Å². The number of carbonyl (C=O) groups is 1. The lowest BCUT2D eigenvalue weighted by Gasteiger charge is -2.15. The zero-order valence-electron chi connectivity index (χ0n) is 16.8. The molecule has 0 radical (unpaired) electrons. The summed E-state index contributed by atoms with van der Waals surface area (Å²) in [6.45, 7) is 0.364. The molecule has 0 aliphatic rings. The summed E-state index contributed by atoms with van der Waals surface area (Å²) >= 11 is 1.29. The molecule has 0 saturated heterocycles. The highest BCUT2D eigenvalue weighted by molar-refractivity contribution is 7.99. The fourth-order valence-electron chi connectivity index (χ4n) is 3.01. The van der Waals surface area contributed by atoms with Gasteiger partial charge in [0, 0.05) is 36.2 Å². The summed E-state index contributed by atoms with van der Waals surface area (Å²) in [6, 6.07) is 15.6. The minimum absolute atomic E-state index is 0.150. The van der Waals surface area contributed by atoms with E-state index < -0.39 is 0 Å². The van der Waals surface area contributed by atoms with E-state index in [0.717, 1.165) is 11.1 Å².